The van der Waals surface area contributed by atoms with Crippen molar-refractivity contribution in [2.24, 2.45) is 0 Å². The van der Waals surface area contributed by atoms with E-state index in [-0.39, 0.29) is 12.3 Å². The van der Waals surface area contributed by atoms with Crippen LogP contribution >= 0.6 is 0 Å². The lowest BCUT2D eigenvalue weighted by Crippen LogP contribution is -2.39. The van der Waals surface area contributed by atoms with Crippen LogP contribution < -0.4 is 4.90 Å². The fourth-order valence-corrected chi connectivity index (χ4v) is 3.08. The number of hydrogen-bond donors (Lipinski definition) is 1. The van der Waals surface area contributed by atoms with Crippen LogP contribution in [-0.4, -0.2) is 17.6 Å². The van der Waals surface area contributed by atoms with Gasteiger partial charge in [-0.15, -0.1) is 0 Å². The Labute approximate surface area is 131 Å². The summed E-state index contributed by atoms with van der Waals surface area (Å²) in [7, 11) is 0. The number of nitrogens with zero attached hydrogens (tertiary/aromatic N) is 1. The molecule has 3 rings (SSSR count). The van der Waals surface area contributed by atoms with Crippen LogP contribution in [-0.2, 0) is 16.8 Å². The molecule has 114 valence electrons. The second-order valence-corrected chi connectivity index (χ2v) is 6.09. The molecule has 22 heavy (non-hydrogen) atoms. The molecule has 1 aliphatic heterocycles. The van der Waals surface area contributed by atoms with E-state index in [4.69, 9.17) is 0 Å². The summed E-state index contributed by atoms with van der Waals surface area (Å²) in [6.45, 7) is 2.43. The van der Waals surface area contributed by atoms with Crippen molar-refractivity contribution < 1.29 is 9.90 Å². The third-order valence-electron chi connectivity index (χ3n) is 4.30. The van der Waals surface area contributed by atoms with Gasteiger partial charge in [0.15, 0.2) is 0 Å². The zero-order valence-corrected chi connectivity index (χ0v) is 12.8. The smallest absolute Gasteiger partial charge is 0.230 e. The first-order valence-corrected chi connectivity index (χ1v) is 7.74. The molecule has 3 heteroatoms. The molecule has 1 aliphatic rings. The second-order valence-electron chi connectivity index (χ2n) is 6.09. The van der Waals surface area contributed by atoms with Crippen molar-refractivity contribution in [3.05, 3.63) is 65.7 Å². The second kappa shape index (κ2) is 5.93. The number of aliphatic hydroxyl groups is 1. The number of aryl methyl sites for hydroxylation is 1. The fraction of sp³-hybridized carbons (Fsp3) is 0.316. The van der Waals surface area contributed by atoms with Gasteiger partial charge in [0.1, 0.15) is 0 Å². The lowest BCUT2D eigenvalue weighted by Gasteiger charge is -2.32. The van der Waals surface area contributed by atoms with Crippen molar-refractivity contribution in [2.75, 3.05) is 11.4 Å². The van der Waals surface area contributed by atoms with E-state index in [0.717, 1.165) is 30.6 Å². The number of fused-ring (bicyclic) bond motifs is 1. The molecule has 2 aromatic carbocycles. The average Bonchev–Trinajstić information content (AvgIpc) is 2.54. The van der Waals surface area contributed by atoms with Crippen LogP contribution in [0.15, 0.2) is 54.6 Å². The Kier molecular flexibility index (Phi) is 3.99. The van der Waals surface area contributed by atoms with Gasteiger partial charge in [0.05, 0.1) is 12.0 Å². The van der Waals surface area contributed by atoms with E-state index in [2.05, 4.69) is 6.07 Å². The van der Waals surface area contributed by atoms with Gasteiger partial charge in [0.2, 0.25) is 5.91 Å². The van der Waals surface area contributed by atoms with Crippen molar-refractivity contribution in [3.8, 4) is 0 Å². The number of amides is 1. The normalized spacial score (nSPS) is 16.7. The van der Waals surface area contributed by atoms with Crippen LogP contribution in [0.1, 0.15) is 30.9 Å². The molecular formula is C19H21NO2. The first-order chi connectivity index (χ1) is 10.6. The molecule has 2 aromatic rings. The van der Waals surface area contributed by atoms with Crippen LogP contribution in [0, 0.1) is 0 Å². The van der Waals surface area contributed by atoms with Crippen LogP contribution in [0.2, 0.25) is 0 Å². The Hall–Kier alpha value is -2.13. The largest absolute Gasteiger partial charge is 0.385 e. The molecule has 1 heterocycles. The van der Waals surface area contributed by atoms with E-state index >= 15 is 0 Å². The molecule has 0 radical (unpaired) electrons. The van der Waals surface area contributed by atoms with Gasteiger partial charge in [0, 0.05) is 12.2 Å². The quantitative estimate of drug-likeness (QED) is 0.944. The highest BCUT2D eigenvalue weighted by molar-refractivity contribution is 5.95. The molecule has 0 saturated heterocycles. The Morgan fingerprint density at radius 2 is 1.82 bits per heavy atom. The maximum Gasteiger partial charge on any atom is 0.230 e. The molecule has 0 bridgehead atoms. The number of benzene rings is 2. The number of carbonyl (C=O) groups excluding carboxylic acids is 1. The Morgan fingerprint density at radius 1 is 1.14 bits per heavy atom. The van der Waals surface area contributed by atoms with Gasteiger partial charge >= 0.3 is 0 Å². The van der Waals surface area contributed by atoms with E-state index in [0.29, 0.717) is 0 Å². The molecule has 0 aliphatic carbocycles. The van der Waals surface area contributed by atoms with E-state index in [1.807, 2.05) is 53.4 Å². The van der Waals surface area contributed by atoms with Crippen LogP contribution in [0.25, 0.3) is 0 Å². The minimum absolute atomic E-state index is 0.0268. The van der Waals surface area contributed by atoms with Crippen LogP contribution in [0.3, 0.4) is 0 Å². The van der Waals surface area contributed by atoms with Crippen LogP contribution in [0.4, 0.5) is 5.69 Å². The number of rotatable bonds is 3. The zero-order valence-electron chi connectivity index (χ0n) is 12.8. The number of hydrogen-bond acceptors (Lipinski definition) is 2. The SMILES string of the molecule is CC(O)(CC(=O)N1CCCc2ccccc21)c1ccccc1. The first kappa shape index (κ1) is 14.8. The van der Waals surface area contributed by atoms with Crippen molar-refractivity contribution in [1.29, 1.82) is 0 Å². The summed E-state index contributed by atoms with van der Waals surface area (Å²) in [4.78, 5) is 14.5. The molecular weight excluding hydrogens is 274 g/mol. The highest BCUT2D eigenvalue weighted by Gasteiger charge is 2.31. The van der Waals surface area contributed by atoms with Gasteiger partial charge in [-0.3, -0.25) is 4.79 Å². The molecule has 1 amide bonds. The highest BCUT2D eigenvalue weighted by atomic mass is 16.3. The molecule has 0 saturated carbocycles. The number of para-hydroxylation sites is 1. The summed E-state index contributed by atoms with van der Waals surface area (Å²) in [5.41, 5.74) is 1.82. The number of anilines is 1. The Bertz CT molecular complexity index is 664. The topological polar surface area (TPSA) is 40.5 Å². The maximum atomic E-state index is 12.7. The summed E-state index contributed by atoms with van der Waals surface area (Å²) in [5, 5.41) is 10.7. The van der Waals surface area contributed by atoms with E-state index in [9.17, 15) is 9.90 Å². The van der Waals surface area contributed by atoms with Crippen LogP contribution in [0.5, 0.6) is 0 Å². The fourth-order valence-electron chi connectivity index (χ4n) is 3.08. The first-order valence-electron chi connectivity index (χ1n) is 7.74. The molecule has 1 N–H and O–H groups in total. The summed E-state index contributed by atoms with van der Waals surface area (Å²) in [6.07, 6.45) is 2.07. The van der Waals surface area contributed by atoms with Crippen molar-refractivity contribution in [1.82, 2.24) is 0 Å². The van der Waals surface area contributed by atoms with Gasteiger partial charge in [-0.2, -0.15) is 0 Å². The average molecular weight is 295 g/mol. The standard InChI is InChI=1S/C19H21NO2/c1-19(22,16-10-3-2-4-11-16)14-18(21)20-13-7-9-15-8-5-6-12-17(15)20/h2-6,8,10-12,22H,7,9,13-14H2,1H3. The monoisotopic (exact) mass is 295 g/mol. The molecule has 0 aromatic heterocycles. The Morgan fingerprint density at radius 3 is 2.59 bits per heavy atom. The molecule has 3 nitrogen and oxygen atoms in total. The van der Waals surface area contributed by atoms with Crippen molar-refractivity contribution >= 4 is 11.6 Å². The van der Waals surface area contributed by atoms with E-state index < -0.39 is 5.60 Å². The van der Waals surface area contributed by atoms with Crippen molar-refractivity contribution in [3.63, 3.8) is 0 Å². The minimum atomic E-state index is -1.15. The lowest BCUT2D eigenvalue weighted by atomic mass is 9.91. The van der Waals surface area contributed by atoms with Gasteiger partial charge in [-0.1, -0.05) is 48.5 Å². The van der Waals surface area contributed by atoms with Gasteiger partial charge in [-0.25, -0.2) is 0 Å². The van der Waals surface area contributed by atoms with E-state index in [1.165, 1.54) is 5.56 Å². The maximum absolute atomic E-state index is 12.7. The number of carbonyl (C=O) groups is 1. The summed E-state index contributed by atoms with van der Waals surface area (Å²) < 4.78 is 0. The molecule has 1 unspecified atom stereocenters. The summed E-state index contributed by atoms with van der Waals surface area (Å²) >= 11 is 0. The van der Waals surface area contributed by atoms with Gasteiger partial charge in [0.25, 0.3) is 0 Å². The third kappa shape index (κ3) is 2.90. The van der Waals surface area contributed by atoms with E-state index in [1.54, 1.807) is 6.92 Å². The highest BCUT2D eigenvalue weighted by Crippen LogP contribution is 2.30. The molecule has 0 spiro atoms. The summed E-state index contributed by atoms with van der Waals surface area (Å²) in [6, 6.07) is 17.4. The zero-order chi connectivity index (χ0) is 15.6. The molecule has 1 atom stereocenters. The van der Waals surface area contributed by atoms with Gasteiger partial charge < -0.3 is 10.0 Å². The lowest BCUT2D eigenvalue weighted by molar-refractivity contribution is -0.123. The molecule has 0 fully saturated rings. The van der Waals surface area contributed by atoms with Gasteiger partial charge in [-0.05, 0) is 37.0 Å². The summed E-state index contributed by atoms with van der Waals surface area (Å²) in [5.74, 6) is -0.0268. The minimum Gasteiger partial charge on any atom is -0.385 e. The third-order valence-corrected chi connectivity index (χ3v) is 4.30. The predicted molar refractivity (Wildman–Crippen MR) is 87.7 cm³/mol. The Balaban J connectivity index is 1.81. The predicted octanol–water partition coefficient (Wildman–Crippen LogP) is 3.26. The van der Waals surface area contributed by atoms with Crippen molar-refractivity contribution in [2.45, 2.75) is 31.8 Å².